The molecule has 31 heavy (non-hydrogen) atoms. The molecule has 1 amide bonds. The lowest BCUT2D eigenvalue weighted by Crippen LogP contribution is -2.51. The third kappa shape index (κ3) is 3.48. The number of likely N-dealkylation sites (tertiary alicyclic amines) is 1. The molecule has 0 aromatic heterocycles. The number of benzene rings is 2. The molecular weight excluding hydrogens is 397 g/mol. The summed E-state index contributed by atoms with van der Waals surface area (Å²) < 4.78 is 19.4. The van der Waals surface area contributed by atoms with E-state index in [9.17, 15) is 14.0 Å². The van der Waals surface area contributed by atoms with Crippen LogP contribution < -0.4 is 0 Å². The van der Waals surface area contributed by atoms with Crippen LogP contribution in [-0.2, 0) is 9.53 Å². The molecule has 2 aliphatic carbocycles. The minimum atomic E-state index is -1.77. The number of ether oxygens (including phenoxy) is 1. The number of hydrogen-bond acceptors (Lipinski definition) is 3. The molecule has 1 heterocycles. The van der Waals surface area contributed by atoms with Crippen molar-refractivity contribution in [3.05, 3.63) is 59.7 Å². The van der Waals surface area contributed by atoms with Crippen molar-refractivity contribution in [2.75, 3.05) is 19.7 Å². The maximum absolute atomic E-state index is 13.7. The molecule has 1 saturated carbocycles. The van der Waals surface area contributed by atoms with E-state index in [1.807, 2.05) is 24.3 Å². The first-order valence-corrected chi connectivity index (χ1v) is 10.9. The van der Waals surface area contributed by atoms with Gasteiger partial charge in [-0.05, 0) is 53.4 Å². The van der Waals surface area contributed by atoms with Crippen LogP contribution in [0, 0.1) is 11.3 Å². The summed E-state index contributed by atoms with van der Waals surface area (Å²) in [5, 5.41) is 8.85. The molecule has 2 aromatic rings. The standard InChI is InChI=1S/C25H26FNO4/c26-22(23(28)29)16-13-25(14-16)9-11-27(12-10-25)24(30)31-15-21-19-7-3-1-5-17(19)18-6-2-4-8-20(18)21/h1-8,16,21-22H,9-15H2,(H,28,29). The maximum Gasteiger partial charge on any atom is 0.409 e. The minimum absolute atomic E-state index is 0.00936. The number of rotatable bonds is 4. The number of carbonyl (C=O) groups is 2. The molecule has 2 fully saturated rings. The van der Waals surface area contributed by atoms with Crippen molar-refractivity contribution in [3.8, 4) is 11.1 Å². The Morgan fingerprint density at radius 3 is 2.13 bits per heavy atom. The van der Waals surface area contributed by atoms with Gasteiger partial charge in [-0.1, -0.05) is 48.5 Å². The molecule has 5 rings (SSSR count). The lowest BCUT2D eigenvalue weighted by molar-refractivity contribution is -0.150. The van der Waals surface area contributed by atoms with E-state index in [0.717, 1.165) is 12.8 Å². The van der Waals surface area contributed by atoms with Gasteiger partial charge in [0.2, 0.25) is 0 Å². The number of fused-ring (bicyclic) bond motifs is 3. The summed E-state index contributed by atoms with van der Waals surface area (Å²) in [4.78, 5) is 25.3. The Labute approximate surface area is 180 Å². The second-order valence-corrected chi connectivity index (χ2v) is 9.20. The molecule has 1 spiro atoms. The van der Waals surface area contributed by atoms with Gasteiger partial charge in [-0.2, -0.15) is 0 Å². The summed E-state index contributed by atoms with van der Waals surface area (Å²) >= 11 is 0. The van der Waals surface area contributed by atoms with Crippen molar-refractivity contribution >= 4 is 12.1 Å². The molecule has 1 saturated heterocycles. The molecular formula is C25H26FNO4. The number of nitrogens with zero attached hydrogens (tertiary/aromatic N) is 1. The average molecular weight is 423 g/mol. The summed E-state index contributed by atoms with van der Waals surface area (Å²) in [5.74, 6) is -1.72. The Morgan fingerprint density at radius 2 is 1.58 bits per heavy atom. The molecule has 3 aliphatic rings. The lowest BCUT2D eigenvalue weighted by Gasteiger charge is -2.52. The van der Waals surface area contributed by atoms with Gasteiger partial charge in [-0.25, -0.2) is 14.0 Å². The van der Waals surface area contributed by atoms with Gasteiger partial charge in [0.25, 0.3) is 0 Å². The van der Waals surface area contributed by atoms with E-state index in [-0.39, 0.29) is 17.4 Å². The molecule has 0 radical (unpaired) electrons. The van der Waals surface area contributed by atoms with Gasteiger partial charge in [0.1, 0.15) is 6.61 Å². The van der Waals surface area contributed by atoms with E-state index in [0.29, 0.717) is 32.5 Å². The van der Waals surface area contributed by atoms with Gasteiger partial charge in [-0.3, -0.25) is 0 Å². The van der Waals surface area contributed by atoms with Crippen molar-refractivity contribution < 1.29 is 23.8 Å². The van der Waals surface area contributed by atoms with Crippen LogP contribution in [0.25, 0.3) is 11.1 Å². The Hall–Kier alpha value is -2.89. The highest BCUT2D eigenvalue weighted by atomic mass is 19.1. The predicted octanol–water partition coefficient (Wildman–Crippen LogP) is 4.85. The quantitative estimate of drug-likeness (QED) is 0.763. The zero-order chi connectivity index (χ0) is 21.6. The van der Waals surface area contributed by atoms with Gasteiger partial charge >= 0.3 is 12.1 Å². The summed E-state index contributed by atoms with van der Waals surface area (Å²) in [5.41, 5.74) is 4.77. The number of carbonyl (C=O) groups excluding carboxylic acids is 1. The van der Waals surface area contributed by atoms with Crippen LogP contribution in [0.4, 0.5) is 9.18 Å². The fourth-order valence-corrected chi connectivity index (χ4v) is 5.72. The number of halogens is 1. The molecule has 1 aliphatic heterocycles. The van der Waals surface area contributed by atoms with Crippen LogP contribution in [0.15, 0.2) is 48.5 Å². The third-order valence-electron chi connectivity index (χ3n) is 7.46. The molecule has 1 N–H and O–H groups in total. The van der Waals surface area contributed by atoms with E-state index in [4.69, 9.17) is 9.84 Å². The number of carboxylic acid groups (broad SMARTS) is 1. The maximum atomic E-state index is 13.7. The largest absolute Gasteiger partial charge is 0.479 e. The number of aliphatic carboxylic acids is 1. The normalized spacial score (nSPS) is 20.6. The molecule has 1 atom stereocenters. The third-order valence-corrected chi connectivity index (χ3v) is 7.46. The van der Waals surface area contributed by atoms with E-state index >= 15 is 0 Å². The summed E-state index contributed by atoms with van der Waals surface area (Å²) in [6.45, 7) is 1.46. The van der Waals surface area contributed by atoms with Crippen LogP contribution in [-0.4, -0.2) is 47.9 Å². The first-order chi connectivity index (χ1) is 15.0. The second-order valence-electron chi connectivity index (χ2n) is 9.20. The van der Waals surface area contributed by atoms with E-state index < -0.39 is 18.1 Å². The smallest absolute Gasteiger partial charge is 0.409 e. The fraction of sp³-hybridized carbons (Fsp3) is 0.440. The highest BCUT2D eigenvalue weighted by molar-refractivity contribution is 5.79. The topological polar surface area (TPSA) is 66.8 Å². The van der Waals surface area contributed by atoms with E-state index in [1.54, 1.807) is 4.90 Å². The summed E-state index contributed by atoms with van der Waals surface area (Å²) in [6.07, 6.45) is 0.671. The first kappa shape index (κ1) is 20.0. The highest BCUT2D eigenvalue weighted by Crippen LogP contribution is 2.54. The number of amides is 1. The van der Waals surface area contributed by atoms with Gasteiger partial charge < -0.3 is 14.7 Å². The monoisotopic (exact) mass is 423 g/mol. The Bertz CT molecular complexity index is 961. The van der Waals surface area contributed by atoms with Gasteiger partial charge in [0, 0.05) is 24.9 Å². The highest BCUT2D eigenvalue weighted by Gasteiger charge is 2.50. The number of alkyl halides is 1. The van der Waals surface area contributed by atoms with Crippen LogP contribution in [0.3, 0.4) is 0 Å². The van der Waals surface area contributed by atoms with Crippen molar-refractivity contribution in [1.29, 1.82) is 0 Å². The zero-order valence-corrected chi connectivity index (χ0v) is 17.3. The zero-order valence-electron chi connectivity index (χ0n) is 17.3. The number of hydrogen-bond donors (Lipinski definition) is 1. The number of carboxylic acids is 1. The van der Waals surface area contributed by atoms with Crippen LogP contribution >= 0.6 is 0 Å². The average Bonchev–Trinajstić information content (AvgIpc) is 3.09. The van der Waals surface area contributed by atoms with Crippen molar-refractivity contribution in [2.24, 2.45) is 11.3 Å². The fourth-order valence-electron chi connectivity index (χ4n) is 5.72. The van der Waals surface area contributed by atoms with Crippen molar-refractivity contribution in [3.63, 3.8) is 0 Å². The number of piperidine rings is 1. The molecule has 0 bridgehead atoms. The molecule has 5 nitrogen and oxygen atoms in total. The SMILES string of the molecule is O=C(O)C(F)C1CC2(CCN(C(=O)OCC3c4ccccc4-c4ccccc43)CC2)C1. The minimum Gasteiger partial charge on any atom is -0.479 e. The molecule has 6 heteroatoms. The Morgan fingerprint density at radius 1 is 1.03 bits per heavy atom. The molecule has 1 unspecified atom stereocenters. The van der Waals surface area contributed by atoms with Crippen LogP contribution in [0.2, 0.25) is 0 Å². The predicted molar refractivity (Wildman–Crippen MR) is 114 cm³/mol. The Balaban J connectivity index is 1.17. The van der Waals surface area contributed by atoms with Crippen LogP contribution in [0.1, 0.15) is 42.7 Å². The summed E-state index contributed by atoms with van der Waals surface area (Å²) in [6, 6.07) is 16.5. The van der Waals surface area contributed by atoms with Gasteiger partial charge in [-0.15, -0.1) is 0 Å². The van der Waals surface area contributed by atoms with E-state index in [2.05, 4.69) is 24.3 Å². The van der Waals surface area contributed by atoms with E-state index in [1.165, 1.54) is 22.3 Å². The second kappa shape index (κ2) is 7.66. The Kier molecular flexibility index (Phi) is 4.95. The molecule has 162 valence electrons. The first-order valence-electron chi connectivity index (χ1n) is 10.9. The van der Waals surface area contributed by atoms with Gasteiger partial charge in [0.15, 0.2) is 6.17 Å². The van der Waals surface area contributed by atoms with Crippen LogP contribution in [0.5, 0.6) is 0 Å². The van der Waals surface area contributed by atoms with Crippen molar-refractivity contribution in [2.45, 2.75) is 37.8 Å². The lowest BCUT2D eigenvalue weighted by atomic mass is 9.56. The molecule has 2 aromatic carbocycles. The van der Waals surface area contributed by atoms with Crippen molar-refractivity contribution in [1.82, 2.24) is 4.90 Å². The summed E-state index contributed by atoms with van der Waals surface area (Å²) in [7, 11) is 0. The van der Waals surface area contributed by atoms with Gasteiger partial charge in [0.05, 0.1) is 0 Å².